The highest BCUT2D eigenvalue weighted by molar-refractivity contribution is 6.03. The smallest absolute Gasteiger partial charge is 0.258 e. The lowest BCUT2D eigenvalue weighted by atomic mass is 10.2. The summed E-state index contributed by atoms with van der Waals surface area (Å²) in [4.78, 5) is 20.4. The molecule has 0 bridgehead atoms. The second-order valence-electron chi connectivity index (χ2n) is 5.07. The molecule has 2 aromatic heterocycles. The third-order valence-electron chi connectivity index (χ3n) is 3.06. The molecule has 0 radical (unpaired) electrons. The van der Waals surface area contributed by atoms with E-state index in [2.05, 4.69) is 25.8 Å². The van der Waals surface area contributed by atoms with Crippen molar-refractivity contribution < 1.29 is 9.32 Å². The molecule has 0 aliphatic heterocycles. The van der Waals surface area contributed by atoms with Gasteiger partial charge in [0.05, 0.1) is 5.56 Å². The minimum absolute atomic E-state index is 0.264. The molecular weight excluding hydrogens is 294 g/mol. The third-order valence-corrected chi connectivity index (χ3v) is 3.06. The third kappa shape index (κ3) is 3.70. The predicted octanol–water partition coefficient (Wildman–Crippen LogP) is 3.08. The first kappa shape index (κ1) is 14.7. The van der Waals surface area contributed by atoms with E-state index < -0.39 is 0 Å². The molecule has 0 unspecified atom stereocenters. The van der Waals surface area contributed by atoms with Crippen LogP contribution in [0.2, 0.25) is 0 Å². The van der Waals surface area contributed by atoms with Crippen LogP contribution in [-0.4, -0.2) is 21.0 Å². The first-order chi connectivity index (χ1) is 11.1. The maximum absolute atomic E-state index is 12.2. The van der Waals surface area contributed by atoms with Crippen LogP contribution >= 0.6 is 0 Å². The van der Waals surface area contributed by atoms with Gasteiger partial charge in [-0.15, -0.1) is 0 Å². The Balaban J connectivity index is 1.67. The number of aryl methyl sites for hydroxylation is 2. The van der Waals surface area contributed by atoms with Gasteiger partial charge < -0.3 is 15.2 Å². The Morgan fingerprint density at radius 2 is 1.91 bits per heavy atom. The van der Waals surface area contributed by atoms with Crippen molar-refractivity contribution in [2.75, 3.05) is 10.6 Å². The number of amides is 1. The second-order valence-corrected chi connectivity index (χ2v) is 5.07. The van der Waals surface area contributed by atoms with Crippen LogP contribution in [0.25, 0.3) is 0 Å². The molecule has 2 heterocycles. The minimum Gasteiger partial charge on any atom is -0.360 e. The maximum Gasteiger partial charge on any atom is 0.258 e. The number of carbonyl (C=O) groups excluding carboxylic acids is 1. The van der Waals surface area contributed by atoms with E-state index in [0.717, 1.165) is 11.3 Å². The molecular formula is C16H15N5O2. The quantitative estimate of drug-likeness (QED) is 0.769. The fraction of sp³-hybridized carbons (Fsp3) is 0.125. The van der Waals surface area contributed by atoms with E-state index in [1.165, 1.54) is 12.4 Å². The van der Waals surface area contributed by atoms with Crippen LogP contribution in [0.5, 0.6) is 0 Å². The Labute approximate surface area is 132 Å². The molecule has 7 heteroatoms. The fourth-order valence-corrected chi connectivity index (χ4v) is 1.98. The molecule has 0 spiro atoms. The van der Waals surface area contributed by atoms with Gasteiger partial charge in [0, 0.05) is 24.1 Å². The van der Waals surface area contributed by atoms with Gasteiger partial charge in [0.1, 0.15) is 5.76 Å². The van der Waals surface area contributed by atoms with Crippen molar-refractivity contribution in [2.24, 2.45) is 0 Å². The van der Waals surface area contributed by atoms with Crippen molar-refractivity contribution in [3.05, 3.63) is 59.6 Å². The SMILES string of the molecule is Cc1cccc(NC(=O)c2cnc(Nc3cc(C)on3)nc2)c1. The molecule has 0 aliphatic rings. The number of anilines is 3. The van der Waals surface area contributed by atoms with Crippen molar-refractivity contribution in [1.82, 2.24) is 15.1 Å². The number of nitrogens with one attached hydrogen (secondary N) is 2. The standard InChI is InChI=1S/C16H15N5O2/c1-10-4-3-5-13(6-10)19-15(22)12-8-17-16(18-9-12)20-14-7-11(2)23-21-14/h3-9H,1-2H3,(H,19,22)(H,17,18,20,21). The van der Waals surface area contributed by atoms with E-state index in [4.69, 9.17) is 4.52 Å². The summed E-state index contributed by atoms with van der Waals surface area (Å²) < 4.78 is 4.94. The zero-order valence-electron chi connectivity index (χ0n) is 12.7. The number of hydrogen-bond acceptors (Lipinski definition) is 6. The summed E-state index contributed by atoms with van der Waals surface area (Å²) >= 11 is 0. The minimum atomic E-state index is -0.264. The summed E-state index contributed by atoms with van der Waals surface area (Å²) in [7, 11) is 0. The van der Waals surface area contributed by atoms with E-state index in [1.807, 2.05) is 31.2 Å². The van der Waals surface area contributed by atoms with Crippen molar-refractivity contribution in [3.8, 4) is 0 Å². The monoisotopic (exact) mass is 309 g/mol. The van der Waals surface area contributed by atoms with E-state index in [0.29, 0.717) is 23.1 Å². The van der Waals surface area contributed by atoms with Gasteiger partial charge in [0.15, 0.2) is 5.82 Å². The summed E-state index contributed by atoms with van der Waals surface area (Å²) in [6.07, 6.45) is 2.90. The first-order valence-electron chi connectivity index (χ1n) is 7.00. The Morgan fingerprint density at radius 1 is 1.13 bits per heavy atom. The molecule has 7 nitrogen and oxygen atoms in total. The molecule has 0 fully saturated rings. The Hall–Kier alpha value is -3.22. The van der Waals surface area contributed by atoms with Crippen molar-refractivity contribution in [3.63, 3.8) is 0 Å². The lowest BCUT2D eigenvalue weighted by molar-refractivity contribution is 0.102. The second kappa shape index (κ2) is 6.27. The van der Waals surface area contributed by atoms with E-state index in [-0.39, 0.29) is 5.91 Å². The topological polar surface area (TPSA) is 92.9 Å². The molecule has 2 N–H and O–H groups in total. The highest BCUT2D eigenvalue weighted by Gasteiger charge is 2.09. The van der Waals surface area contributed by atoms with Crippen LogP contribution < -0.4 is 10.6 Å². The number of rotatable bonds is 4. The van der Waals surface area contributed by atoms with Crippen molar-refractivity contribution >= 4 is 23.4 Å². The largest absolute Gasteiger partial charge is 0.360 e. The van der Waals surface area contributed by atoms with Crippen LogP contribution in [0.4, 0.5) is 17.5 Å². The van der Waals surface area contributed by atoms with Crippen LogP contribution in [-0.2, 0) is 0 Å². The first-order valence-corrected chi connectivity index (χ1v) is 7.00. The average molecular weight is 309 g/mol. The van der Waals surface area contributed by atoms with E-state index in [9.17, 15) is 4.79 Å². The number of aromatic nitrogens is 3. The van der Waals surface area contributed by atoms with Gasteiger partial charge in [0.2, 0.25) is 5.95 Å². The molecule has 3 rings (SSSR count). The molecule has 0 aliphatic carbocycles. The zero-order valence-corrected chi connectivity index (χ0v) is 12.7. The molecule has 0 saturated heterocycles. The molecule has 1 amide bonds. The average Bonchev–Trinajstić information content (AvgIpc) is 2.93. The van der Waals surface area contributed by atoms with Crippen LogP contribution in [0, 0.1) is 13.8 Å². The van der Waals surface area contributed by atoms with Crippen LogP contribution in [0.1, 0.15) is 21.7 Å². The van der Waals surface area contributed by atoms with Crippen LogP contribution in [0.15, 0.2) is 47.2 Å². The fourth-order valence-electron chi connectivity index (χ4n) is 1.98. The van der Waals surface area contributed by atoms with E-state index >= 15 is 0 Å². The summed E-state index contributed by atoms with van der Waals surface area (Å²) in [5, 5.41) is 9.48. The molecule has 116 valence electrons. The predicted molar refractivity (Wildman–Crippen MR) is 85.7 cm³/mol. The van der Waals surface area contributed by atoms with Gasteiger partial charge in [-0.1, -0.05) is 17.3 Å². The summed E-state index contributed by atoms with van der Waals surface area (Å²) in [6, 6.07) is 9.29. The summed E-state index contributed by atoms with van der Waals surface area (Å²) in [5.41, 5.74) is 2.17. The Bertz CT molecular complexity index is 826. The zero-order chi connectivity index (χ0) is 16.2. The molecule has 3 aromatic rings. The van der Waals surface area contributed by atoms with Gasteiger partial charge in [-0.05, 0) is 31.5 Å². The van der Waals surface area contributed by atoms with E-state index in [1.54, 1.807) is 13.0 Å². The molecule has 23 heavy (non-hydrogen) atoms. The summed E-state index contributed by atoms with van der Waals surface area (Å²) in [6.45, 7) is 3.75. The van der Waals surface area contributed by atoms with Gasteiger partial charge in [-0.2, -0.15) is 0 Å². The molecule has 0 atom stereocenters. The normalized spacial score (nSPS) is 10.3. The number of benzene rings is 1. The van der Waals surface area contributed by atoms with Gasteiger partial charge in [0.25, 0.3) is 5.91 Å². The summed E-state index contributed by atoms with van der Waals surface area (Å²) in [5.74, 6) is 1.27. The van der Waals surface area contributed by atoms with Crippen LogP contribution in [0.3, 0.4) is 0 Å². The van der Waals surface area contributed by atoms with Gasteiger partial charge in [-0.3, -0.25) is 4.79 Å². The van der Waals surface area contributed by atoms with Gasteiger partial charge in [-0.25, -0.2) is 9.97 Å². The Kier molecular flexibility index (Phi) is 4.01. The Morgan fingerprint density at radius 3 is 2.57 bits per heavy atom. The molecule has 0 saturated carbocycles. The van der Waals surface area contributed by atoms with Gasteiger partial charge >= 0.3 is 0 Å². The molecule has 1 aromatic carbocycles. The maximum atomic E-state index is 12.2. The number of carbonyl (C=O) groups is 1. The number of hydrogen-bond donors (Lipinski definition) is 2. The number of nitrogens with zero attached hydrogens (tertiary/aromatic N) is 3. The lowest BCUT2D eigenvalue weighted by Gasteiger charge is -2.06. The van der Waals surface area contributed by atoms with Crippen molar-refractivity contribution in [2.45, 2.75) is 13.8 Å². The highest BCUT2D eigenvalue weighted by Crippen LogP contribution is 2.14. The highest BCUT2D eigenvalue weighted by atomic mass is 16.5. The lowest BCUT2D eigenvalue weighted by Crippen LogP contribution is -2.13. The van der Waals surface area contributed by atoms with Crippen molar-refractivity contribution in [1.29, 1.82) is 0 Å².